The normalized spacial score (nSPS) is 10.1. The molecule has 0 atom stereocenters. The number of sulfonamides is 1. The van der Waals surface area contributed by atoms with E-state index in [9.17, 15) is 28.2 Å². The van der Waals surface area contributed by atoms with Gasteiger partial charge in [0.1, 0.15) is 4.90 Å². The fourth-order valence-electron chi connectivity index (χ4n) is 3.06. The van der Waals surface area contributed by atoms with Gasteiger partial charge in [0.2, 0.25) is 10.0 Å². The van der Waals surface area contributed by atoms with E-state index in [1.165, 1.54) is 24.7 Å². The Labute approximate surface area is 274 Å². The van der Waals surface area contributed by atoms with Crippen LogP contribution in [0.1, 0.15) is 32.2 Å². The number of primary sulfonamides is 1. The maximum Gasteiger partial charge on any atom is 2.00 e. The van der Waals surface area contributed by atoms with E-state index in [1.807, 2.05) is 0 Å². The maximum absolute atomic E-state index is 11.3. The molecule has 0 aliphatic carbocycles. The van der Waals surface area contributed by atoms with Crippen LogP contribution in [0.25, 0.3) is 10.6 Å². The van der Waals surface area contributed by atoms with Crippen LogP contribution >= 0.6 is 23.2 Å². The summed E-state index contributed by atoms with van der Waals surface area (Å²) in [6.07, 6.45) is 2.96. The molecule has 0 fully saturated rings. The molecule has 43 heavy (non-hydrogen) atoms. The van der Waals surface area contributed by atoms with Crippen molar-refractivity contribution in [3.63, 3.8) is 0 Å². The van der Waals surface area contributed by atoms with Crippen molar-refractivity contribution in [3.05, 3.63) is 104 Å². The third kappa shape index (κ3) is 11.5. The number of benzene rings is 2. The number of carboxylic acids is 2. The predicted octanol–water partition coefficient (Wildman–Crippen LogP) is 2.18. The molecule has 14 nitrogen and oxygen atoms in total. The molecule has 0 saturated heterocycles. The van der Waals surface area contributed by atoms with E-state index in [-0.39, 0.29) is 68.8 Å². The smallest absolute Gasteiger partial charge is 0.678 e. The molecule has 0 aliphatic heterocycles. The minimum Gasteiger partial charge on any atom is -0.678 e. The summed E-state index contributed by atoms with van der Waals surface area (Å²) >= 11 is 10.9. The Kier molecular flexibility index (Phi) is 15.2. The molecule has 4 rings (SSSR count). The van der Waals surface area contributed by atoms with Crippen LogP contribution in [0.5, 0.6) is 0 Å². The quantitative estimate of drug-likeness (QED) is 0.191. The molecule has 0 aliphatic rings. The molecule has 224 valence electrons. The minimum absolute atomic E-state index is 0. The number of carbonyl (C=O) groups excluding carboxylic acids is 2. The van der Waals surface area contributed by atoms with Crippen molar-refractivity contribution in [1.82, 2.24) is 0 Å². The molecule has 19 heteroatoms. The van der Waals surface area contributed by atoms with E-state index in [4.69, 9.17) is 51.3 Å². The van der Waals surface area contributed by atoms with Gasteiger partial charge in [-0.1, -0.05) is 48.4 Å². The Hall–Kier alpha value is -3.58. The third-order valence-corrected chi connectivity index (χ3v) is 6.59. The van der Waals surface area contributed by atoms with Crippen molar-refractivity contribution in [3.8, 4) is 0 Å². The van der Waals surface area contributed by atoms with E-state index >= 15 is 0 Å². The number of hydrogen-bond acceptors (Lipinski definition) is 11. The van der Waals surface area contributed by atoms with Gasteiger partial charge in [-0.05, 0) is 47.5 Å². The fraction of sp³-hybridized carbons (Fsp3) is 0.0833. The molecule has 0 amide bonds. The number of nitrogen functional groups attached to an aromatic ring is 1. The first-order chi connectivity index (χ1) is 19.8. The van der Waals surface area contributed by atoms with Crippen LogP contribution < -0.4 is 21.1 Å². The molecule has 4 aromatic rings. The second kappa shape index (κ2) is 17.5. The minimum atomic E-state index is -4.15. The van der Waals surface area contributed by atoms with Crippen molar-refractivity contribution < 1.29 is 45.5 Å². The first-order valence-corrected chi connectivity index (χ1v) is 13.9. The Morgan fingerprint density at radius 1 is 0.837 bits per heavy atom. The Morgan fingerprint density at radius 2 is 1.26 bits per heavy atom. The number of nitrogens with zero attached hydrogens (tertiary/aromatic N) is 2. The SMILES string of the molecule is NS(=O)(=O)c1cc(C(=O)[O-])c([N-]Cc2ccco2)cc1Cl.Nc1cc(C(=O)[O-])c([N-]Cc2ccco2)cc1Cl.O=S=O.[Mg+2]. The van der Waals surface area contributed by atoms with E-state index < -0.39 is 44.0 Å². The van der Waals surface area contributed by atoms with Gasteiger partial charge < -0.3 is 45.0 Å². The van der Waals surface area contributed by atoms with E-state index in [0.29, 0.717) is 11.5 Å². The van der Waals surface area contributed by atoms with E-state index in [1.54, 1.807) is 24.3 Å². The number of rotatable bonds is 9. The number of aromatic carboxylic acids is 2. The van der Waals surface area contributed by atoms with Gasteiger partial charge in [0.05, 0.1) is 51.7 Å². The van der Waals surface area contributed by atoms with Gasteiger partial charge in [0, 0.05) is 0 Å². The number of halogens is 2. The van der Waals surface area contributed by atoms with E-state index in [2.05, 4.69) is 10.6 Å². The topological polar surface area (TPSA) is 255 Å². The Balaban J connectivity index is 0.000000389. The average Bonchev–Trinajstić information content (AvgIpc) is 3.62. The van der Waals surface area contributed by atoms with Gasteiger partial charge in [-0.2, -0.15) is 8.42 Å². The number of anilines is 1. The Morgan fingerprint density at radius 3 is 1.63 bits per heavy atom. The summed E-state index contributed by atoms with van der Waals surface area (Å²) in [6, 6.07) is 11.3. The van der Waals surface area contributed by atoms with Crippen molar-refractivity contribution in [1.29, 1.82) is 0 Å². The van der Waals surface area contributed by atoms with Gasteiger partial charge in [0.15, 0.2) is 0 Å². The van der Waals surface area contributed by atoms with Crippen LogP contribution in [0.4, 0.5) is 17.1 Å². The van der Waals surface area contributed by atoms with Crippen LogP contribution in [-0.4, -0.2) is 51.8 Å². The molecular formula is C24H18Cl2MgN4O10S2-2. The van der Waals surface area contributed by atoms with Crippen molar-refractivity contribution >= 4 is 96.8 Å². The predicted molar refractivity (Wildman–Crippen MR) is 153 cm³/mol. The van der Waals surface area contributed by atoms with Crippen molar-refractivity contribution in [2.45, 2.75) is 18.0 Å². The molecule has 2 aromatic carbocycles. The molecule has 4 N–H and O–H groups in total. The summed E-state index contributed by atoms with van der Waals surface area (Å²) in [7, 11) is -4.15. The number of furan rings is 2. The number of carbonyl (C=O) groups is 2. The molecule has 0 radical (unpaired) electrons. The number of carboxylic acid groups (broad SMARTS) is 2. The summed E-state index contributed by atoms with van der Waals surface area (Å²) in [5.41, 5.74) is 5.38. The molecule has 0 saturated carbocycles. The summed E-state index contributed by atoms with van der Waals surface area (Å²) in [4.78, 5) is 21.6. The maximum atomic E-state index is 11.3. The molecule has 2 aromatic heterocycles. The summed E-state index contributed by atoms with van der Waals surface area (Å²) < 4.78 is 49.4. The second-order valence-corrected chi connectivity index (χ2v) is 10.2. The average molecular weight is 682 g/mol. The molecule has 0 spiro atoms. The molecule has 0 unspecified atom stereocenters. The van der Waals surface area contributed by atoms with Crippen LogP contribution in [0, 0.1) is 0 Å². The fourth-order valence-corrected chi connectivity index (χ4v) is 4.31. The summed E-state index contributed by atoms with van der Waals surface area (Å²) in [6.45, 7) is 0.284. The van der Waals surface area contributed by atoms with Gasteiger partial charge in [0.25, 0.3) is 0 Å². The van der Waals surface area contributed by atoms with Crippen LogP contribution in [0.3, 0.4) is 0 Å². The van der Waals surface area contributed by atoms with Gasteiger partial charge in [-0.3, -0.25) is 0 Å². The summed E-state index contributed by atoms with van der Waals surface area (Å²) in [5, 5.41) is 35.2. The number of hydrogen-bond donors (Lipinski definition) is 2. The third-order valence-electron chi connectivity index (χ3n) is 4.88. The number of nitrogens with two attached hydrogens (primary N) is 2. The zero-order chi connectivity index (χ0) is 31.4. The Bertz CT molecular complexity index is 1680. The molecule has 0 bridgehead atoms. The van der Waals surface area contributed by atoms with Gasteiger partial charge in [-0.25, -0.2) is 13.6 Å². The monoisotopic (exact) mass is 680 g/mol. The zero-order valence-corrected chi connectivity index (χ0v) is 26.2. The largest absolute Gasteiger partial charge is 2.00 e. The first kappa shape index (κ1) is 37.4. The van der Waals surface area contributed by atoms with Gasteiger partial charge >= 0.3 is 34.6 Å². The molecular weight excluding hydrogens is 664 g/mol. The van der Waals surface area contributed by atoms with Crippen LogP contribution in [0.2, 0.25) is 10.0 Å². The van der Waals surface area contributed by atoms with Crippen LogP contribution in [0.15, 0.2) is 74.8 Å². The first-order valence-electron chi connectivity index (χ1n) is 11.0. The van der Waals surface area contributed by atoms with E-state index in [0.717, 1.165) is 12.1 Å². The van der Waals surface area contributed by atoms with Crippen LogP contribution in [-0.2, 0) is 34.7 Å². The standard InChI is InChI=1S/C12H10ClN2O5S.C12H10ClN2O3.Mg.O2S/c13-9-5-10(15-6-7-2-1-3-20-7)8(12(16)17)4-11(9)21(14,18)19;13-9-5-11(8(12(16)17)4-10(9)14)15-6-7-2-1-3-18-7;;1-3-2/h1-5H,6H2,(H,16,17)(H2,14,18,19);1-5H,6,14H2,(H,16,17);;/q2*-1;+2;/p-2. The van der Waals surface area contributed by atoms with Crippen molar-refractivity contribution in [2.75, 3.05) is 5.73 Å². The van der Waals surface area contributed by atoms with Gasteiger partial charge in [-0.15, -0.1) is 11.4 Å². The summed E-state index contributed by atoms with van der Waals surface area (Å²) in [5.74, 6) is -1.82. The zero-order valence-electron chi connectivity index (χ0n) is 21.6. The molecule has 2 heterocycles. The second-order valence-electron chi connectivity index (χ2n) is 7.67. The van der Waals surface area contributed by atoms with Crippen molar-refractivity contribution in [2.24, 2.45) is 5.14 Å².